The van der Waals surface area contributed by atoms with Gasteiger partial charge in [-0.15, -0.1) is 0 Å². The maximum atomic E-state index is 6.41. The van der Waals surface area contributed by atoms with Crippen molar-refractivity contribution in [1.29, 1.82) is 0 Å². The minimum absolute atomic E-state index is 0.336. The molecular weight excluding hydrogens is 246 g/mol. The zero-order valence-electron chi connectivity index (χ0n) is 11.8. The molecule has 2 heteroatoms. The number of hydrogen-bond donors (Lipinski definition) is 0. The van der Waals surface area contributed by atoms with Crippen molar-refractivity contribution in [3.63, 3.8) is 0 Å². The van der Waals surface area contributed by atoms with E-state index in [9.17, 15) is 0 Å². The highest BCUT2D eigenvalue weighted by molar-refractivity contribution is 5.72. The molecule has 4 rings (SSSR count). The molecule has 0 aromatic heterocycles. The third-order valence-electron chi connectivity index (χ3n) is 4.11. The fraction of sp³-hybridized carbons (Fsp3) is 0.278. The maximum absolute atomic E-state index is 6.41. The number of fused-ring (bicyclic) bond motifs is 4. The Morgan fingerprint density at radius 2 is 1.45 bits per heavy atom. The van der Waals surface area contributed by atoms with E-state index in [1.165, 1.54) is 22.3 Å². The van der Waals surface area contributed by atoms with E-state index in [2.05, 4.69) is 62.4 Å². The largest absolute Gasteiger partial charge is 0.334 e. The average Bonchev–Trinajstić information content (AvgIpc) is 2.76. The topological polar surface area (TPSA) is 21.6 Å². The number of rotatable bonds is 0. The van der Waals surface area contributed by atoms with E-state index < -0.39 is 5.72 Å². The molecule has 0 atom stereocenters. The van der Waals surface area contributed by atoms with Crippen molar-refractivity contribution >= 4 is 6.21 Å². The number of hydrogen-bond acceptors (Lipinski definition) is 2. The predicted octanol–water partition coefficient (Wildman–Crippen LogP) is 3.67. The van der Waals surface area contributed by atoms with Crippen LogP contribution in [0.2, 0.25) is 0 Å². The van der Waals surface area contributed by atoms with Crippen LogP contribution < -0.4 is 0 Å². The summed E-state index contributed by atoms with van der Waals surface area (Å²) < 4.78 is 6.41. The first-order valence-corrected chi connectivity index (χ1v) is 7.04. The van der Waals surface area contributed by atoms with Gasteiger partial charge in [-0.1, -0.05) is 48.5 Å². The second-order valence-electron chi connectivity index (χ2n) is 6.10. The fourth-order valence-electron chi connectivity index (χ4n) is 3.29. The second-order valence-corrected chi connectivity index (χ2v) is 6.10. The van der Waals surface area contributed by atoms with Crippen molar-refractivity contribution in [3.8, 4) is 0 Å². The molecule has 100 valence electrons. The molecule has 0 saturated carbocycles. The normalized spacial score (nSPS) is 20.7. The van der Waals surface area contributed by atoms with Crippen LogP contribution in [0.3, 0.4) is 0 Å². The molecule has 0 bridgehead atoms. The van der Waals surface area contributed by atoms with E-state index >= 15 is 0 Å². The number of nitrogens with zero attached hydrogens (tertiary/aromatic N) is 1. The Bertz CT molecular complexity index is 669. The predicted molar refractivity (Wildman–Crippen MR) is 80.1 cm³/mol. The Hall–Kier alpha value is -1.93. The first-order valence-electron chi connectivity index (χ1n) is 7.04. The zero-order valence-corrected chi connectivity index (χ0v) is 11.8. The zero-order chi connectivity index (χ0) is 13.8. The van der Waals surface area contributed by atoms with Gasteiger partial charge in [0.15, 0.2) is 0 Å². The van der Waals surface area contributed by atoms with Crippen molar-refractivity contribution in [2.24, 2.45) is 4.99 Å². The Labute approximate surface area is 119 Å². The highest BCUT2D eigenvalue weighted by Gasteiger charge is 2.48. The van der Waals surface area contributed by atoms with Gasteiger partial charge >= 0.3 is 0 Å². The third kappa shape index (κ3) is 1.52. The Morgan fingerprint density at radius 1 is 0.900 bits per heavy atom. The van der Waals surface area contributed by atoms with Crippen molar-refractivity contribution in [1.82, 2.24) is 0 Å². The van der Waals surface area contributed by atoms with Crippen LogP contribution in [0, 0.1) is 0 Å². The highest BCUT2D eigenvalue weighted by Crippen LogP contribution is 2.48. The van der Waals surface area contributed by atoms with Crippen LogP contribution in [0.25, 0.3) is 0 Å². The van der Waals surface area contributed by atoms with Crippen molar-refractivity contribution in [2.45, 2.75) is 31.6 Å². The van der Waals surface area contributed by atoms with Crippen LogP contribution in [0.1, 0.15) is 36.1 Å². The average molecular weight is 263 g/mol. The molecule has 2 aromatic carbocycles. The Morgan fingerprint density at radius 3 is 1.95 bits per heavy atom. The van der Waals surface area contributed by atoms with Crippen molar-refractivity contribution in [3.05, 3.63) is 70.8 Å². The van der Waals surface area contributed by atoms with Crippen LogP contribution >= 0.6 is 0 Å². The van der Waals surface area contributed by atoms with Crippen LogP contribution in [0.15, 0.2) is 53.5 Å². The molecular formula is C18H17NO. The molecule has 2 aromatic rings. The molecule has 2 aliphatic rings. The third-order valence-corrected chi connectivity index (χ3v) is 4.11. The minimum Gasteiger partial charge on any atom is -0.334 e. The summed E-state index contributed by atoms with van der Waals surface area (Å²) in [6, 6.07) is 17.0. The lowest BCUT2D eigenvalue weighted by atomic mass is 9.80. The lowest BCUT2D eigenvalue weighted by Crippen LogP contribution is -2.36. The standard InChI is InChI=1S/C18H17NO/c1-17(2)12-19-18(20-17)15-9-5-3-7-13(15)11-14-8-4-6-10-16(14)18/h3-10,12H,11H2,1-2H3. The van der Waals surface area contributed by atoms with Gasteiger partial charge in [-0.3, -0.25) is 4.99 Å². The SMILES string of the molecule is CC1(C)C=NC2(O1)c1ccccc1Cc1ccccc12. The minimum atomic E-state index is -0.658. The van der Waals surface area contributed by atoms with Gasteiger partial charge in [0.25, 0.3) is 0 Å². The molecule has 0 N–H and O–H groups in total. The summed E-state index contributed by atoms with van der Waals surface area (Å²) in [6.45, 7) is 4.12. The summed E-state index contributed by atoms with van der Waals surface area (Å²) >= 11 is 0. The molecule has 0 fully saturated rings. The van der Waals surface area contributed by atoms with Gasteiger partial charge in [-0.25, -0.2) is 0 Å². The molecule has 0 radical (unpaired) electrons. The lowest BCUT2D eigenvalue weighted by Gasteiger charge is -2.37. The molecule has 0 saturated heterocycles. The molecule has 0 amide bonds. The van der Waals surface area contributed by atoms with E-state index in [0.29, 0.717) is 0 Å². The molecule has 1 aliphatic heterocycles. The second kappa shape index (κ2) is 3.80. The Balaban J connectivity index is 2.01. The van der Waals surface area contributed by atoms with Gasteiger partial charge in [-0.2, -0.15) is 0 Å². The van der Waals surface area contributed by atoms with Gasteiger partial charge in [-0.05, 0) is 31.4 Å². The molecule has 0 unspecified atom stereocenters. The summed E-state index contributed by atoms with van der Waals surface area (Å²) in [5.74, 6) is 0. The summed E-state index contributed by atoms with van der Waals surface area (Å²) in [6.07, 6.45) is 2.89. The fourth-order valence-corrected chi connectivity index (χ4v) is 3.29. The molecule has 20 heavy (non-hydrogen) atoms. The van der Waals surface area contributed by atoms with Crippen molar-refractivity contribution < 1.29 is 4.74 Å². The lowest BCUT2D eigenvalue weighted by molar-refractivity contribution is -0.0614. The summed E-state index contributed by atoms with van der Waals surface area (Å²) in [5.41, 5.74) is 3.98. The molecule has 1 heterocycles. The van der Waals surface area contributed by atoms with Crippen LogP contribution in [-0.4, -0.2) is 11.8 Å². The molecule has 1 spiro atoms. The first-order chi connectivity index (χ1) is 9.61. The van der Waals surface area contributed by atoms with E-state index in [4.69, 9.17) is 9.73 Å². The van der Waals surface area contributed by atoms with E-state index in [1.807, 2.05) is 6.21 Å². The van der Waals surface area contributed by atoms with Gasteiger partial charge < -0.3 is 4.74 Å². The number of aliphatic imine (C=N–C) groups is 1. The van der Waals surface area contributed by atoms with Gasteiger partial charge in [0.2, 0.25) is 5.72 Å². The van der Waals surface area contributed by atoms with E-state index in [-0.39, 0.29) is 5.60 Å². The van der Waals surface area contributed by atoms with Gasteiger partial charge in [0.05, 0.1) is 0 Å². The van der Waals surface area contributed by atoms with Crippen LogP contribution in [0.5, 0.6) is 0 Å². The summed E-state index contributed by atoms with van der Waals surface area (Å²) in [4.78, 5) is 4.81. The van der Waals surface area contributed by atoms with E-state index in [0.717, 1.165) is 6.42 Å². The quantitative estimate of drug-likeness (QED) is 0.710. The number of ether oxygens (including phenoxy) is 1. The van der Waals surface area contributed by atoms with Crippen LogP contribution in [0.4, 0.5) is 0 Å². The summed E-state index contributed by atoms with van der Waals surface area (Å²) in [5, 5.41) is 0. The van der Waals surface area contributed by atoms with Crippen LogP contribution in [-0.2, 0) is 16.9 Å². The summed E-state index contributed by atoms with van der Waals surface area (Å²) in [7, 11) is 0. The first kappa shape index (κ1) is 11.9. The van der Waals surface area contributed by atoms with Gasteiger partial charge in [0.1, 0.15) is 5.60 Å². The highest BCUT2D eigenvalue weighted by atomic mass is 16.5. The monoisotopic (exact) mass is 263 g/mol. The molecule has 1 aliphatic carbocycles. The Kier molecular flexibility index (Phi) is 2.25. The molecule has 2 nitrogen and oxygen atoms in total. The smallest absolute Gasteiger partial charge is 0.212 e. The van der Waals surface area contributed by atoms with Crippen molar-refractivity contribution in [2.75, 3.05) is 0 Å². The number of benzene rings is 2. The van der Waals surface area contributed by atoms with E-state index in [1.54, 1.807) is 0 Å². The van der Waals surface area contributed by atoms with Gasteiger partial charge in [0, 0.05) is 17.3 Å². The maximum Gasteiger partial charge on any atom is 0.212 e.